The lowest BCUT2D eigenvalue weighted by Crippen LogP contribution is -2.54. The number of benzene rings is 2. The first-order chi connectivity index (χ1) is 15.5. The molecule has 2 aliphatic heterocycles. The number of piperidine rings is 1. The summed E-state index contributed by atoms with van der Waals surface area (Å²) in [6, 6.07) is 17.4. The second kappa shape index (κ2) is 8.40. The van der Waals surface area contributed by atoms with Crippen molar-refractivity contribution in [1.82, 2.24) is 15.2 Å². The number of carbonyl (C=O) groups is 1. The standard InChI is InChI=1S/C28H35N3O/c1-4-28(20(3)27(32)29-18-21-12-10-19(2)11-13-21)15-7-16-31-17-14-23-22-8-5-6-9-24(22)30-25(23)26(28)31/h5-6,8-13,20,26,30H,4,7,14-18H2,1-3H3,(H,29,32)/t20?,26-,28+/m1/s1. The van der Waals surface area contributed by atoms with Crippen LogP contribution in [0.2, 0.25) is 0 Å². The van der Waals surface area contributed by atoms with Gasteiger partial charge >= 0.3 is 0 Å². The number of nitrogens with one attached hydrogen (secondary N) is 2. The van der Waals surface area contributed by atoms with Gasteiger partial charge in [-0.3, -0.25) is 9.69 Å². The van der Waals surface area contributed by atoms with Gasteiger partial charge in [-0.2, -0.15) is 0 Å². The first kappa shape index (κ1) is 21.3. The van der Waals surface area contributed by atoms with E-state index in [-0.39, 0.29) is 23.3 Å². The number of H-pyrrole nitrogens is 1. The number of hydrogen-bond donors (Lipinski definition) is 2. The highest BCUT2D eigenvalue weighted by Gasteiger charge is 2.52. The summed E-state index contributed by atoms with van der Waals surface area (Å²) in [5, 5.41) is 4.61. The Labute approximate surface area is 191 Å². The van der Waals surface area contributed by atoms with Crippen LogP contribution in [0.3, 0.4) is 0 Å². The zero-order valence-corrected chi connectivity index (χ0v) is 19.6. The maximum atomic E-state index is 13.5. The summed E-state index contributed by atoms with van der Waals surface area (Å²) in [5.41, 5.74) is 6.39. The SMILES string of the molecule is CC[C@@]1(C(C)C(=O)NCc2ccc(C)cc2)CCCN2CCc3c([nH]c4ccccc34)[C@@H]21. The van der Waals surface area contributed by atoms with Crippen LogP contribution in [0.15, 0.2) is 48.5 Å². The zero-order chi connectivity index (χ0) is 22.3. The molecule has 3 heterocycles. The summed E-state index contributed by atoms with van der Waals surface area (Å²) >= 11 is 0. The number of aromatic amines is 1. The maximum absolute atomic E-state index is 13.5. The fourth-order valence-corrected chi connectivity index (χ4v) is 6.37. The lowest BCUT2D eigenvalue weighted by molar-refractivity contribution is -0.135. The third-order valence-corrected chi connectivity index (χ3v) is 8.27. The lowest BCUT2D eigenvalue weighted by atomic mass is 9.61. The van der Waals surface area contributed by atoms with E-state index in [0.29, 0.717) is 6.54 Å². The lowest BCUT2D eigenvalue weighted by Gasteiger charge is -2.54. The number of amides is 1. The summed E-state index contributed by atoms with van der Waals surface area (Å²) in [6.45, 7) is 9.33. The number of fused-ring (bicyclic) bond motifs is 5. The van der Waals surface area contributed by atoms with Crippen LogP contribution in [-0.2, 0) is 17.8 Å². The fraction of sp³-hybridized carbons (Fsp3) is 0.464. The molecule has 1 saturated heterocycles. The second-order valence-electron chi connectivity index (χ2n) is 9.87. The largest absolute Gasteiger partial charge is 0.357 e. The molecule has 0 radical (unpaired) electrons. The number of aromatic nitrogens is 1. The average molecular weight is 430 g/mol. The van der Waals surface area contributed by atoms with Gasteiger partial charge in [0.1, 0.15) is 0 Å². The van der Waals surface area contributed by atoms with Crippen LogP contribution in [0, 0.1) is 18.3 Å². The maximum Gasteiger partial charge on any atom is 0.223 e. The quantitative estimate of drug-likeness (QED) is 0.561. The van der Waals surface area contributed by atoms with Crippen LogP contribution in [-0.4, -0.2) is 28.9 Å². The molecule has 1 unspecified atom stereocenters. The molecule has 0 saturated carbocycles. The normalized spacial score (nSPS) is 24.0. The highest BCUT2D eigenvalue weighted by Crippen LogP contribution is 2.55. The number of para-hydroxylation sites is 1. The van der Waals surface area contributed by atoms with Crippen LogP contribution in [0.5, 0.6) is 0 Å². The minimum atomic E-state index is -0.0638. The van der Waals surface area contributed by atoms with E-state index in [1.54, 1.807) is 0 Å². The van der Waals surface area contributed by atoms with Gasteiger partial charge in [-0.1, -0.05) is 61.9 Å². The number of hydrogen-bond acceptors (Lipinski definition) is 2. The predicted octanol–water partition coefficient (Wildman–Crippen LogP) is 5.52. The van der Waals surface area contributed by atoms with Crippen molar-refractivity contribution in [3.8, 4) is 0 Å². The molecule has 32 heavy (non-hydrogen) atoms. The van der Waals surface area contributed by atoms with E-state index in [0.717, 1.165) is 44.3 Å². The van der Waals surface area contributed by atoms with E-state index in [1.807, 2.05) is 0 Å². The van der Waals surface area contributed by atoms with Gasteiger partial charge in [-0.25, -0.2) is 0 Å². The molecule has 2 aromatic carbocycles. The highest BCUT2D eigenvalue weighted by atomic mass is 16.1. The molecule has 1 fully saturated rings. The Kier molecular flexibility index (Phi) is 5.58. The third-order valence-electron chi connectivity index (χ3n) is 8.27. The Balaban J connectivity index is 1.46. The van der Waals surface area contributed by atoms with E-state index in [4.69, 9.17) is 0 Å². The smallest absolute Gasteiger partial charge is 0.223 e. The molecule has 1 amide bonds. The van der Waals surface area contributed by atoms with Crippen LogP contribution >= 0.6 is 0 Å². The minimum absolute atomic E-state index is 0.0527. The van der Waals surface area contributed by atoms with Gasteiger partial charge in [0.25, 0.3) is 0 Å². The first-order valence-corrected chi connectivity index (χ1v) is 12.2. The molecule has 3 atom stereocenters. The van der Waals surface area contributed by atoms with Crippen molar-refractivity contribution < 1.29 is 4.79 Å². The molecule has 4 heteroatoms. The monoisotopic (exact) mass is 429 g/mol. The van der Waals surface area contributed by atoms with E-state index >= 15 is 0 Å². The summed E-state index contributed by atoms with van der Waals surface area (Å²) in [6.07, 6.45) is 4.35. The molecule has 0 bridgehead atoms. The Hall–Kier alpha value is -2.59. The van der Waals surface area contributed by atoms with E-state index in [1.165, 1.54) is 27.7 Å². The van der Waals surface area contributed by atoms with Crippen LogP contribution in [0.4, 0.5) is 0 Å². The number of rotatable bonds is 5. The second-order valence-corrected chi connectivity index (χ2v) is 9.87. The fourth-order valence-electron chi connectivity index (χ4n) is 6.37. The topological polar surface area (TPSA) is 48.1 Å². The molecule has 2 N–H and O–H groups in total. The van der Waals surface area contributed by atoms with E-state index < -0.39 is 0 Å². The molecule has 2 aliphatic rings. The van der Waals surface area contributed by atoms with Crippen molar-refractivity contribution in [3.05, 3.63) is 70.9 Å². The van der Waals surface area contributed by atoms with Crippen molar-refractivity contribution >= 4 is 16.8 Å². The van der Waals surface area contributed by atoms with Crippen molar-refractivity contribution in [2.24, 2.45) is 11.3 Å². The van der Waals surface area contributed by atoms with Crippen LogP contribution < -0.4 is 5.32 Å². The van der Waals surface area contributed by atoms with E-state index in [2.05, 4.69) is 84.5 Å². The zero-order valence-electron chi connectivity index (χ0n) is 19.6. The molecule has 0 spiro atoms. The molecular formula is C28H35N3O. The average Bonchev–Trinajstić information content (AvgIpc) is 3.21. The summed E-state index contributed by atoms with van der Waals surface area (Å²) in [7, 11) is 0. The van der Waals surface area contributed by atoms with Crippen molar-refractivity contribution in [2.45, 2.75) is 59.0 Å². The van der Waals surface area contributed by atoms with Crippen molar-refractivity contribution in [2.75, 3.05) is 13.1 Å². The van der Waals surface area contributed by atoms with Crippen molar-refractivity contribution in [1.29, 1.82) is 0 Å². The Morgan fingerprint density at radius 3 is 2.75 bits per heavy atom. The Bertz CT molecular complexity index is 1120. The van der Waals surface area contributed by atoms with Gasteiger partial charge in [-0.05, 0) is 56.3 Å². The summed E-state index contributed by atoms with van der Waals surface area (Å²) in [4.78, 5) is 19.9. The molecule has 0 aliphatic carbocycles. The van der Waals surface area contributed by atoms with Crippen molar-refractivity contribution in [3.63, 3.8) is 0 Å². The molecule has 3 aromatic rings. The number of carbonyl (C=O) groups excluding carboxylic acids is 1. The predicted molar refractivity (Wildman–Crippen MR) is 130 cm³/mol. The Morgan fingerprint density at radius 2 is 1.97 bits per heavy atom. The summed E-state index contributed by atoms with van der Waals surface area (Å²) < 4.78 is 0. The highest BCUT2D eigenvalue weighted by molar-refractivity contribution is 5.85. The van der Waals surface area contributed by atoms with Gasteiger partial charge in [0.2, 0.25) is 5.91 Å². The van der Waals surface area contributed by atoms with Gasteiger partial charge in [-0.15, -0.1) is 0 Å². The number of aryl methyl sites for hydroxylation is 1. The van der Waals surface area contributed by atoms with Gasteiger partial charge in [0, 0.05) is 41.0 Å². The minimum Gasteiger partial charge on any atom is -0.357 e. The van der Waals surface area contributed by atoms with Gasteiger partial charge in [0.05, 0.1) is 6.04 Å². The molecule has 5 rings (SSSR count). The van der Waals surface area contributed by atoms with Crippen LogP contribution in [0.1, 0.15) is 61.5 Å². The molecule has 4 nitrogen and oxygen atoms in total. The summed E-state index contributed by atoms with van der Waals surface area (Å²) in [5.74, 6) is 0.126. The number of nitrogens with zero attached hydrogens (tertiary/aromatic N) is 1. The van der Waals surface area contributed by atoms with Gasteiger partial charge < -0.3 is 10.3 Å². The molecule has 168 valence electrons. The Morgan fingerprint density at radius 1 is 1.19 bits per heavy atom. The van der Waals surface area contributed by atoms with E-state index in [9.17, 15) is 4.79 Å². The molecular weight excluding hydrogens is 394 g/mol. The first-order valence-electron chi connectivity index (χ1n) is 12.2. The molecule has 1 aromatic heterocycles. The third kappa shape index (κ3) is 3.45. The van der Waals surface area contributed by atoms with Crippen LogP contribution in [0.25, 0.3) is 10.9 Å². The van der Waals surface area contributed by atoms with Gasteiger partial charge in [0.15, 0.2) is 0 Å².